The Morgan fingerprint density at radius 2 is 1.95 bits per heavy atom. The molecule has 0 radical (unpaired) electrons. The van der Waals surface area contributed by atoms with E-state index < -0.39 is 0 Å². The number of hydrogen-bond donors (Lipinski definition) is 2. The Morgan fingerprint density at radius 3 is 2.55 bits per heavy atom. The number of rotatable bonds is 8. The second-order valence-corrected chi connectivity index (χ2v) is 6.31. The third-order valence-corrected chi connectivity index (χ3v) is 3.40. The van der Waals surface area contributed by atoms with Crippen molar-refractivity contribution in [2.45, 2.75) is 38.6 Å². The Hall–Kier alpha value is -1.07. The predicted octanol–water partition coefficient (Wildman–Crippen LogP) is 2.85. The van der Waals surface area contributed by atoms with Crippen LogP contribution in [0.1, 0.15) is 33.1 Å². The van der Waals surface area contributed by atoms with Gasteiger partial charge in [-0.25, -0.2) is 0 Å². The summed E-state index contributed by atoms with van der Waals surface area (Å²) in [7, 11) is 0. The van der Waals surface area contributed by atoms with Gasteiger partial charge in [0.2, 0.25) is 5.91 Å². The van der Waals surface area contributed by atoms with Crippen LogP contribution in [0, 0.1) is 0 Å². The van der Waals surface area contributed by atoms with E-state index in [0.717, 1.165) is 23.1 Å². The predicted molar refractivity (Wildman–Crippen MR) is 84.8 cm³/mol. The summed E-state index contributed by atoms with van der Waals surface area (Å²) in [4.78, 5) is 11.7. The minimum absolute atomic E-state index is 0.0455. The topological polar surface area (TPSA) is 64.3 Å². The molecule has 4 nitrogen and oxygen atoms in total. The zero-order valence-electron chi connectivity index (χ0n) is 12.1. The lowest BCUT2D eigenvalue weighted by molar-refractivity contribution is -0.122. The van der Waals surface area contributed by atoms with E-state index >= 15 is 0 Å². The summed E-state index contributed by atoms with van der Waals surface area (Å²) >= 11 is 3.38. The molecule has 3 N–H and O–H groups in total. The van der Waals surface area contributed by atoms with Crippen LogP contribution < -0.4 is 15.8 Å². The molecule has 20 heavy (non-hydrogen) atoms. The molecule has 0 spiro atoms. The van der Waals surface area contributed by atoms with Gasteiger partial charge in [-0.1, -0.05) is 15.9 Å². The van der Waals surface area contributed by atoms with Crippen molar-refractivity contribution in [1.29, 1.82) is 0 Å². The summed E-state index contributed by atoms with van der Waals surface area (Å²) in [5, 5.41) is 2.91. The average molecular weight is 343 g/mol. The normalized spacial score (nSPS) is 11.2. The highest BCUT2D eigenvalue weighted by Gasteiger charge is 2.17. The fourth-order valence-corrected chi connectivity index (χ4v) is 1.86. The summed E-state index contributed by atoms with van der Waals surface area (Å²) in [5.41, 5.74) is 5.24. The van der Waals surface area contributed by atoms with E-state index in [0.29, 0.717) is 19.6 Å². The molecular weight excluding hydrogens is 320 g/mol. The van der Waals surface area contributed by atoms with E-state index in [1.165, 1.54) is 0 Å². The van der Waals surface area contributed by atoms with Crippen molar-refractivity contribution >= 4 is 21.8 Å². The van der Waals surface area contributed by atoms with Crippen molar-refractivity contribution in [1.82, 2.24) is 5.32 Å². The number of unbranched alkanes of at least 4 members (excludes halogenated alkanes) is 1. The van der Waals surface area contributed by atoms with Crippen LogP contribution >= 0.6 is 15.9 Å². The molecular formula is C15H23BrN2O2. The van der Waals surface area contributed by atoms with Crippen LogP contribution in [0.25, 0.3) is 0 Å². The maximum Gasteiger partial charge on any atom is 0.220 e. The molecule has 0 aliphatic rings. The molecule has 0 saturated heterocycles. The van der Waals surface area contributed by atoms with E-state index in [4.69, 9.17) is 10.5 Å². The first kappa shape index (κ1) is 17.0. The Labute approximate surface area is 129 Å². The van der Waals surface area contributed by atoms with Crippen LogP contribution in [0.2, 0.25) is 0 Å². The van der Waals surface area contributed by atoms with Gasteiger partial charge in [-0.15, -0.1) is 0 Å². The van der Waals surface area contributed by atoms with E-state index in [-0.39, 0.29) is 11.4 Å². The number of carbonyl (C=O) groups excluding carboxylic acids is 1. The van der Waals surface area contributed by atoms with Gasteiger partial charge in [0.1, 0.15) is 5.75 Å². The first-order chi connectivity index (χ1) is 9.43. The molecule has 0 heterocycles. The van der Waals surface area contributed by atoms with Gasteiger partial charge < -0.3 is 15.8 Å². The van der Waals surface area contributed by atoms with Crippen molar-refractivity contribution < 1.29 is 9.53 Å². The van der Waals surface area contributed by atoms with Gasteiger partial charge in [0.05, 0.1) is 6.61 Å². The lowest BCUT2D eigenvalue weighted by Gasteiger charge is -2.24. The molecule has 1 amide bonds. The fraction of sp³-hybridized carbons (Fsp3) is 0.533. The molecule has 1 rings (SSSR count). The van der Waals surface area contributed by atoms with Gasteiger partial charge in [0, 0.05) is 23.0 Å². The molecule has 0 bridgehead atoms. The summed E-state index contributed by atoms with van der Waals surface area (Å²) in [5.74, 6) is 0.894. The second kappa shape index (κ2) is 8.27. The number of ether oxygens (including phenoxy) is 1. The summed E-state index contributed by atoms with van der Waals surface area (Å²) in [6.45, 7) is 4.89. The number of amides is 1. The maximum absolute atomic E-state index is 11.7. The Balaban J connectivity index is 2.13. The molecule has 0 atom stereocenters. The maximum atomic E-state index is 11.7. The number of nitrogens with two attached hydrogens (primary N) is 1. The smallest absolute Gasteiger partial charge is 0.220 e. The molecule has 0 aliphatic carbocycles. The van der Waals surface area contributed by atoms with E-state index in [9.17, 15) is 4.79 Å². The SMILES string of the molecule is CC(C)(CN)NC(=O)CCCCOc1ccc(Br)cc1. The lowest BCUT2D eigenvalue weighted by atomic mass is 10.1. The lowest BCUT2D eigenvalue weighted by Crippen LogP contribution is -2.48. The van der Waals surface area contributed by atoms with Gasteiger partial charge >= 0.3 is 0 Å². The van der Waals surface area contributed by atoms with Gasteiger partial charge in [-0.05, 0) is 51.0 Å². The van der Waals surface area contributed by atoms with Crippen molar-refractivity contribution in [3.05, 3.63) is 28.7 Å². The number of hydrogen-bond acceptors (Lipinski definition) is 3. The first-order valence-corrected chi connectivity index (χ1v) is 7.62. The van der Waals surface area contributed by atoms with Gasteiger partial charge in [0.25, 0.3) is 0 Å². The molecule has 0 fully saturated rings. The summed E-state index contributed by atoms with van der Waals surface area (Å²) in [6, 6.07) is 7.72. The van der Waals surface area contributed by atoms with Crippen molar-refractivity contribution in [2.24, 2.45) is 5.73 Å². The third kappa shape index (κ3) is 6.91. The molecule has 1 aromatic rings. The number of halogens is 1. The van der Waals surface area contributed by atoms with E-state index in [1.54, 1.807) is 0 Å². The number of benzene rings is 1. The minimum Gasteiger partial charge on any atom is -0.494 e. The second-order valence-electron chi connectivity index (χ2n) is 5.40. The highest BCUT2D eigenvalue weighted by molar-refractivity contribution is 9.10. The standard InChI is InChI=1S/C15H23BrN2O2/c1-15(2,11-17)18-14(19)5-3-4-10-20-13-8-6-12(16)7-9-13/h6-9H,3-5,10-11,17H2,1-2H3,(H,18,19). The molecule has 0 unspecified atom stereocenters. The highest BCUT2D eigenvalue weighted by Crippen LogP contribution is 2.16. The number of nitrogens with one attached hydrogen (secondary N) is 1. The minimum atomic E-state index is -0.328. The molecule has 112 valence electrons. The molecule has 0 aliphatic heterocycles. The summed E-state index contributed by atoms with van der Waals surface area (Å²) in [6.07, 6.45) is 2.17. The zero-order valence-corrected chi connectivity index (χ0v) is 13.7. The first-order valence-electron chi connectivity index (χ1n) is 6.82. The van der Waals surface area contributed by atoms with Crippen LogP contribution in [0.3, 0.4) is 0 Å². The third-order valence-electron chi connectivity index (χ3n) is 2.87. The summed E-state index contributed by atoms with van der Waals surface area (Å²) < 4.78 is 6.62. The van der Waals surface area contributed by atoms with Crippen LogP contribution in [-0.2, 0) is 4.79 Å². The Bertz CT molecular complexity index is 418. The number of carbonyl (C=O) groups is 1. The Morgan fingerprint density at radius 1 is 1.30 bits per heavy atom. The monoisotopic (exact) mass is 342 g/mol. The van der Waals surface area contributed by atoms with Gasteiger partial charge in [0.15, 0.2) is 0 Å². The van der Waals surface area contributed by atoms with Crippen LogP contribution in [-0.4, -0.2) is 24.6 Å². The molecule has 0 aromatic heterocycles. The van der Waals surface area contributed by atoms with Crippen LogP contribution in [0.5, 0.6) is 5.75 Å². The van der Waals surface area contributed by atoms with Crippen molar-refractivity contribution in [2.75, 3.05) is 13.2 Å². The van der Waals surface area contributed by atoms with Gasteiger partial charge in [-0.3, -0.25) is 4.79 Å². The van der Waals surface area contributed by atoms with Gasteiger partial charge in [-0.2, -0.15) is 0 Å². The highest BCUT2D eigenvalue weighted by atomic mass is 79.9. The fourth-order valence-electron chi connectivity index (χ4n) is 1.60. The van der Waals surface area contributed by atoms with Crippen molar-refractivity contribution in [3.8, 4) is 5.75 Å². The average Bonchev–Trinajstić information content (AvgIpc) is 2.40. The Kier molecular flexibility index (Phi) is 7.02. The van der Waals surface area contributed by atoms with Crippen LogP contribution in [0.4, 0.5) is 0 Å². The van der Waals surface area contributed by atoms with E-state index in [2.05, 4.69) is 21.2 Å². The largest absolute Gasteiger partial charge is 0.494 e. The quantitative estimate of drug-likeness (QED) is 0.714. The van der Waals surface area contributed by atoms with Crippen LogP contribution in [0.15, 0.2) is 28.7 Å². The van der Waals surface area contributed by atoms with E-state index in [1.807, 2.05) is 38.1 Å². The van der Waals surface area contributed by atoms with Crippen molar-refractivity contribution in [3.63, 3.8) is 0 Å². The molecule has 0 saturated carbocycles. The molecule has 5 heteroatoms. The molecule has 1 aromatic carbocycles. The zero-order chi connectivity index (χ0) is 15.0.